The van der Waals surface area contributed by atoms with Crippen molar-refractivity contribution in [2.24, 2.45) is 12.8 Å². The lowest BCUT2D eigenvalue weighted by atomic mass is 10.2. The van der Waals surface area contributed by atoms with E-state index in [-0.39, 0.29) is 18.1 Å². The van der Waals surface area contributed by atoms with Crippen LogP contribution in [0.1, 0.15) is 23.1 Å². The molecule has 0 atom stereocenters. The van der Waals surface area contributed by atoms with Crippen LogP contribution in [0.5, 0.6) is 0 Å². The second-order valence-electron chi connectivity index (χ2n) is 3.81. The van der Waals surface area contributed by atoms with Gasteiger partial charge < -0.3 is 16.4 Å². The first-order valence-electron chi connectivity index (χ1n) is 5.23. The molecule has 0 saturated heterocycles. The Balaban J connectivity index is 3.04. The van der Waals surface area contributed by atoms with Gasteiger partial charge in [0.15, 0.2) is 0 Å². The summed E-state index contributed by atoms with van der Waals surface area (Å²) in [5.74, 6) is -0.937. The van der Waals surface area contributed by atoms with E-state index >= 15 is 0 Å². The standard InChI is InChI=1S/C10H17N5O2/c1-4-6-8(12)9(15(3)13-6)10(17)14(2)5-7(11)16/h4-5,12H2,1-3H3,(H2,11,16). The van der Waals surface area contributed by atoms with Crippen LogP contribution in [0.4, 0.5) is 5.69 Å². The average Bonchev–Trinajstić information content (AvgIpc) is 2.51. The molecule has 0 aromatic carbocycles. The molecule has 0 aliphatic rings. The number of carbonyl (C=O) groups is 2. The molecule has 0 aliphatic heterocycles. The van der Waals surface area contributed by atoms with Crippen LogP contribution >= 0.6 is 0 Å². The van der Waals surface area contributed by atoms with Gasteiger partial charge in [-0.2, -0.15) is 5.10 Å². The first kappa shape index (κ1) is 13.0. The van der Waals surface area contributed by atoms with Crippen LogP contribution in [0, 0.1) is 0 Å². The van der Waals surface area contributed by atoms with E-state index in [0.29, 0.717) is 17.8 Å². The summed E-state index contributed by atoms with van der Waals surface area (Å²) in [5.41, 5.74) is 12.2. The molecule has 0 bridgehead atoms. The number of aryl methyl sites for hydroxylation is 2. The van der Waals surface area contributed by atoms with E-state index in [1.807, 2.05) is 6.92 Å². The summed E-state index contributed by atoms with van der Waals surface area (Å²) in [7, 11) is 3.13. The molecule has 17 heavy (non-hydrogen) atoms. The number of nitrogens with zero attached hydrogens (tertiary/aromatic N) is 3. The molecule has 1 aromatic rings. The molecule has 4 N–H and O–H groups in total. The third kappa shape index (κ3) is 2.55. The molecule has 0 spiro atoms. The van der Waals surface area contributed by atoms with Gasteiger partial charge in [-0.3, -0.25) is 14.3 Å². The number of amides is 2. The molecule has 1 heterocycles. The number of anilines is 1. The zero-order valence-corrected chi connectivity index (χ0v) is 10.2. The number of nitrogen functional groups attached to an aromatic ring is 1. The van der Waals surface area contributed by atoms with Gasteiger partial charge in [-0.25, -0.2) is 0 Å². The normalized spacial score (nSPS) is 10.3. The Bertz CT molecular complexity index is 452. The lowest BCUT2D eigenvalue weighted by Gasteiger charge is -2.15. The fourth-order valence-electron chi connectivity index (χ4n) is 1.60. The van der Waals surface area contributed by atoms with Gasteiger partial charge >= 0.3 is 0 Å². The maximum atomic E-state index is 12.0. The number of carbonyl (C=O) groups excluding carboxylic acids is 2. The summed E-state index contributed by atoms with van der Waals surface area (Å²) in [4.78, 5) is 24.0. The van der Waals surface area contributed by atoms with Crippen LogP contribution in [-0.2, 0) is 18.3 Å². The van der Waals surface area contributed by atoms with Gasteiger partial charge in [0.05, 0.1) is 17.9 Å². The minimum Gasteiger partial charge on any atom is -0.395 e. The van der Waals surface area contributed by atoms with Gasteiger partial charge in [0, 0.05) is 14.1 Å². The minimum atomic E-state index is -0.572. The predicted molar refractivity (Wildman–Crippen MR) is 63.2 cm³/mol. The summed E-state index contributed by atoms with van der Waals surface area (Å²) < 4.78 is 1.42. The Morgan fingerprint density at radius 3 is 2.47 bits per heavy atom. The highest BCUT2D eigenvalue weighted by Crippen LogP contribution is 2.18. The van der Waals surface area contributed by atoms with Crippen molar-refractivity contribution < 1.29 is 9.59 Å². The smallest absolute Gasteiger partial charge is 0.274 e. The molecule has 0 fully saturated rings. The highest BCUT2D eigenvalue weighted by atomic mass is 16.2. The maximum Gasteiger partial charge on any atom is 0.274 e. The third-order valence-corrected chi connectivity index (χ3v) is 2.44. The van der Waals surface area contributed by atoms with Gasteiger partial charge in [-0.05, 0) is 6.42 Å². The van der Waals surface area contributed by atoms with E-state index < -0.39 is 5.91 Å². The minimum absolute atomic E-state index is 0.148. The summed E-state index contributed by atoms with van der Waals surface area (Å²) in [5, 5.41) is 4.14. The van der Waals surface area contributed by atoms with Crippen molar-refractivity contribution in [1.82, 2.24) is 14.7 Å². The van der Waals surface area contributed by atoms with Crippen molar-refractivity contribution in [2.45, 2.75) is 13.3 Å². The lowest BCUT2D eigenvalue weighted by Crippen LogP contribution is -2.36. The zero-order chi connectivity index (χ0) is 13.2. The van der Waals surface area contributed by atoms with Crippen LogP contribution in [0.3, 0.4) is 0 Å². The second-order valence-corrected chi connectivity index (χ2v) is 3.81. The van der Waals surface area contributed by atoms with Gasteiger partial charge in [-0.15, -0.1) is 0 Å². The van der Waals surface area contributed by atoms with E-state index in [1.165, 1.54) is 16.6 Å². The van der Waals surface area contributed by atoms with Crippen LogP contribution in [0.15, 0.2) is 0 Å². The monoisotopic (exact) mass is 239 g/mol. The molecule has 94 valence electrons. The maximum absolute atomic E-state index is 12.0. The predicted octanol–water partition coefficient (Wildman–Crippen LogP) is -0.878. The Labute approximate surface area is 99.4 Å². The van der Waals surface area contributed by atoms with Crippen LogP contribution < -0.4 is 11.5 Å². The largest absolute Gasteiger partial charge is 0.395 e. The Morgan fingerprint density at radius 1 is 1.47 bits per heavy atom. The fraction of sp³-hybridized carbons (Fsp3) is 0.500. The van der Waals surface area contributed by atoms with Gasteiger partial charge in [0.1, 0.15) is 5.69 Å². The Kier molecular flexibility index (Phi) is 3.72. The van der Waals surface area contributed by atoms with Crippen molar-refractivity contribution in [2.75, 3.05) is 19.3 Å². The number of hydrogen-bond donors (Lipinski definition) is 2. The summed E-state index contributed by atoms with van der Waals surface area (Å²) in [6, 6.07) is 0. The molecule has 0 radical (unpaired) electrons. The number of likely N-dealkylation sites (N-methyl/N-ethyl adjacent to an activating group) is 1. The Hall–Kier alpha value is -2.05. The van der Waals surface area contributed by atoms with E-state index in [0.717, 1.165) is 0 Å². The second kappa shape index (κ2) is 4.86. The number of aromatic nitrogens is 2. The lowest BCUT2D eigenvalue weighted by molar-refractivity contribution is -0.118. The van der Waals surface area contributed by atoms with Crippen LogP contribution in [0.25, 0.3) is 0 Å². The summed E-state index contributed by atoms with van der Waals surface area (Å²) in [6.07, 6.45) is 0.645. The van der Waals surface area contributed by atoms with E-state index in [4.69, 9.17) is 11.5 Å². The van der Waals surface area contributed by atoms with Gasteiger partial charge in [-0.1, -0.05) is 6.92 Å². The van der Waals surface area contributed by atoms with Crippen molar-refractivity contribution in [3.8, 4) is 0 Å². The molecule has 7 nitrogen and oxygen atoms in total. The SMILES string of the molecule is CCc1nn(C)c(C(=O)N(C)CC(N)=O)c1N. The van der Waals surface area contributed by atoms with Crippen LogP contribution in [0.2, 0.25) is 0 Å². The first-order chi connectivity index (χ1) is 7.88. The fourth-order valence-corrected chi connectivity index (χ4v) is 1.60. The average molecular weight is 239 g/mol. The van der Waals surface area contributed by atoms with E-state index in [2.05, 4.69) is 5.10 Å². The summed E-state index contributed by atoms with van der Waals surface area (Å²) >= 11 is 0. The molecular weight excluding hydrogens is 222 g/mol. The highest BCUT2D eigenvalue weighted by molar-refractivity contribution is 5.99. The number of rotatable bonds is 4. The Morgan fingerprint density at radius 2 is 2.06 bits per heavy atom. The number of nitrogens with two attached hydrogens (primary N) is 2. The molecule has 0 unspecified atom stereocenters. The highest BCUT2D eigenvalue weighted by Gasteiger charge is 2.22. The number of primary amides is 1. The van der Waals surface area contributed by atoms with Crippen molar-refractivity contribution in [1.29, 1.82) is 0 Å². The number of hydrogen-bond acceptors (Lipinski definition) is 4. The van der Waals surface area contributed by atoms with Crippen molar-refractivity contribution in [3.63, 3.8) is 0 Å². The molecule has 0 aliphatic carbocycles. The van der Waals surface area contributed by atoms with Crippen molar-refractivity contribution >= 4 is 17.5 Å². The van der Waals surface area contributed by atoms with Gasteiger partial charge in [0.2, 0.25) is 5.91 Å². The van der Waals surface area contributed by atoms with E-state index in [9.17, 15) is 9.59 Å². The molecule has 1 rings (SSSR count). The molecule has 7 heteroatoms. The van der Waals surface area contributed by atoms with Gasteiger partial charge in [0.25, 0.3) is 5.91 Å². The van der Waals surface area contributed by atoms with E-state index in [1.54, 1.807) is 7.05 Å². The molecule has 2 amide bonds. The molecule has 1 aromatic heterocycles. The quantitative estimate of drug-likeness (QED) is 0.711. The van der Waals surface area contributed by atoms with Crippen molar-refractivity contribution in [3.05, 3.63) is 11.4 Å². The first-order valence-corrected chi connectivity index (χ1v) is 5.23. The summed E-state index contributed by atoms with van der Waals surface area (Å²) in [6.45, 7) is 1.75. The third-order valence-electron chi connectivity index (χ3n) is 2.44. The molecular formula is C10H17N5O2. The zero-order valence-electron chi connectivity index (χ0n) is 10.2. The topological polar surface area (TPSA) is 107 Å². The van der Waals surface area contributed by atoms with Crippen LogP contribution in [-0.4, -0.2) is 40.1 Å². The molecule has 0 saturated carbocycles.